The fourth-order valence-corrected chi connectivity index (χ4v) is 1.77. The number of hydrogen-bond acceptors (Lipinski definition) is 3. The fraction of sp³-hybridized carbons (Fsp3) is 0.417. The Bertz CT molecular complexity index is 490. The molecule has 86 valence electrons. The van der Waals surface area contributed by atoms with Crippen molar-refractivity contribution in [3.05, 3.63) is 29.6 Å². The van der Waals surface area contributed by atoms with Gasteiger partial charge >= 0.3 is 0 Å². The molecule has 0 fully saturated rings. The molecule has 4 heteroatoms. The summed E-state index contributed by atoms with van der Waals surface area (Å²) in [6.07, 6.45) is 0. The van der Waals surface area contributed by atoms with Crippen LogP contribution < -0.4 is 5.32 Å². The second-order valence-corrected chi connectivity index (χ2v) is 3.90. The molecule has 0 saturated heterocycles. The van der Waals surface area contributed by atoms with Crippen molar-refractivity contribution in [2.45, 2.75) is 13.5 Å². The van der Waals surface area contributed by atoms with Gasteiger partial charge in [-0.2, -0.15) is 0 Å². The third-order valence-electron chi connectivity index (χ3n) is 2.74. The minimum Gasteiger partial charge on any atom is -0.370 e. The van der Waals surface area contributed by atoms with Gasteiger partial charge in [0.05, 0.1) is 17.8 Å². The highest BCUT2D eigenvalue weighted by Gasteiger charge is 2.04. The highest BCUT2D eigenvalue weighted by atomic mass is 16.5. The molecule has 0 unspecified atom stereocenters. The topological polar surface area (TPSA) is 39.1 Å². The van der Waals surface area contributed by atoms with Crippen molar-refractivity contribution in [1.82, 2.24) is 14.9 Å². The average molecular weight is 219 g/mol. The minimum absolute atomic E-state index is 0.569. The summed E-state index contributed by atoms with van der Waals surface area (Å²) in [5.41, 5.74) is 3.45. The summed E-state index contributed by atoms with van der Waals surface area (Å²) in [5.74, 6) is 1.04. The molecule has 16 heavy (non-hydrogen) atoms. The van der Waals surface area contributed by atoms with Crippen LogP contribution in [0.25, 0.3) is 11.0 Å². The van der Waals surface area contributed by atoms with Gasteiger partial charge in [-0.05, 0) is 24.6 Å². The van der Waals surface area contributed by atoms with Gasteiger partial charge in [-0.25, -0.2) is 4.98 Å². The molecule has 2 rings (SSSR count). The molecule has 0 atom stereocenters. The predicted molar refractivity (Wildman–Crippen MR) is 64.2 cm³/mol. The van der Waals surface area contributed by atoms with Crippen LogP contribution in [0.4, 0.5) is 0 Å². The van der Waals surface area contributed by atoms with Crippen molar-refractivity contribution in [3.63, 3.8) is 0 Å². The van der Waals surface area contributed by atoms with Crippen molar-refractivity contribution in [3.8, 4) is 0 Å². The molecule has 1 heterocycles. The third-order valence-corrected chi connectivity index (χ3v) is 2.74. The molecule has 0 aliphatic carbocycles. The summed E-state index contributed by atoms with van der Waals surface area (Å²) in [6.45, 7) is 3.39. The van der Waals surface area contributed by atoms with E-state index in [9.17, 15) is 0 Å². The molecule has 1 aromatic carbocycles. The zero-order valence-electron chi connectivity index (χ0n) is 9.95. The van der Waals surface area contributed by atoms with E-state index < -0.39 is 0 Å². The molecule has 0 amide bonds. The Morgan fingerprint density at radius 2 is 2.25 bits per heavy atom. The molecule has 4 nitrogen and oxygen atoms in total. The maximum Gasteiger partial charge on any atom is 0.106 e. The number of fused-ring (bicyclic) bond motifs is 1. The number of ether oxygens (including phenoxy) is 1. The van der Waals surface area contributed by atoms with Gasteiger partial charge in [0.25, 0.3) is 0 Å². The van der Waals surface area contributed by atoms with E-state index in [1.54, 1.807) is 7.11 Å². The zero-order valence-corrected chi connectivity index (χ0v) is 9.95. The SMILES string of the molecule is COCNCc1ccc2c(c1)nc(C)n2C. The smallest absolute Gasteiger partial charge is 0.106 e. The van der Waals surface area contributed by atoms with E-state index in [0.29, 0.717) is 6.73 Å². The first-order chi connectivity index (χ1) is 7.72. The summed E-state index contributed by atoms with van der Waals surface area (Å²) >= 11 is 0. The van der Waals surface area contributed by atoms with Crippen molar-refractivity contribution >= 4 is 11.0 Å². The molecular formula is C12H17N3O. The van der Waals surface area contributed by atoms with E-state index in [4.69, 9.17) is 4.74 Å². The fourth-order valence-electron chi connectivity index (χ4n) is 1.77. The molecular weight excluding hydrogens is 202 g/mol. The first-order valence-corrected chi connectivity index (χ1v) is 5.34. The molecule has 1 N–H and O–H groups in total. The molecule has 0 saturated carbocycles. The molecule has 1 aromatic heterocycles. The number of nitrogens with zero attached hydrogens (tertiary/aromatic N) is 2. The van der Waals surface area contributed by atoms with Crippen LogP contribution in [-0.2, 0) is 18.3 Å². The van der Waals surface area contributed by atoms with Gasteiger partial charge in [0.1, 0.15) is 5.82 Å². The largest absolute Gasteiger partial charge is 0.370 e. The van der Waals surface area contributed by atoms with Crippen molar-refractivity contribution < 1.29 is 4.74 Å². The van der Waals surface area contributed by atoms with Crippen LogP contribution in [0.2, 0.25) is 0 Å². The maximum atomic E-state index is 4.94. The Morgan fingerprint density at radius 1 is 1.44 bits per heavy atom. The van der Waals surface area contributed by atoms with Crippen LogP contribution in [0.1, 0.15) is 11.4 Å². The summed E-state index contributed by atoms with van der Waals surface area (Å²) in [4.78, 5) is 4.51. The Kier molecular flexibility index (Phi) is 3.22. The number of rotatable bonds is 4. The standard InChI is InChI=1S/C12H17N3O/c1-9-14-11-6-10(7-13-8-16-3)4-5-12(11)15(9)2/h4-6,13H,7-8H2,1-3H3. The van der Waals surface area contributed by atoms with Gasteiger partial charge in [0, 0.05) is 20.7 Å². The molecule has 0 bridgehead atoms. The van der Waals surface area contributed by atoms with Crippen LogP contribution in [0, 0.1) is 6.92 Å². The first-order valence-electron chi connectivity index (χ1n) is 5.34. The zero-order chi connectivity index (χ0) is 11.5. The number of aromatic nitrogens is 2. The van der Waals surface area contributed by atoms with E-state index in [2.05, 4.69) is 33.1 Å². The first kappa shape index (κ1) is 11.1. The molecule has 0 radical (unpaired) electrons. The lowest BCUT2D eigenvalue weighted by Gasteiger charge is -2.03. The third kappa shape index (κ3) is 2.08. The van der Waals surface area contributed by atoms with Crippen molar-refractivity contribution in [2.75, 3.05) is 13.8 Å². The summed E-state index contributed by atoms with van der Waals surface area (Å²) in [6, 6.07) is 6.34. The van der Waals surface area contributed by atoms with Crippen molar-refractivity contribution in [1.29, 1.82) is 0 Å². The predicted octanol–water partition coefficient (Wildman–Crippen LogP) is 1.58. The van der Waals surface area contributed by atoms with Gasteiger partial charge in [0.15, 0.2) is 0 Å². The van der Waals surface area contributed by atoms with E-state index in [1.807, 2.05) is 14.0 Å². The lowest BCUT2D eigenvalue weighted by Crippen LogP contribution is -2.15. The van der Waals surface area contributed by atoms with E-state index in [-0.39, 0.29) is 0 Å². The summed E-state index contributed by atoms with van der Waals surface area (Å²) < 4.78 is 7.04. The lowest BCUT2D eigenvalue weighted by atomic mass is 10.2. The number of imidazole rings is 1. The highest BCUT2D eigenvalue weighted by molar-refractivity contribution is 5.76. The normalized spacial score (nSPS) is 11.2. The second-order valence-electron chi connectivity index (χ2n) is 3.90. The van der Waals surface area contributed by atoms with Crippen LogP contribution in [0.15, 0.2) is 18.2 Å². The number of benzene rings is 1. The lowest BCUT2D eigenvalue weighted by molar-refractivity contribution is 0.174. The number of methoxy groups -OCH3 is 1. The van der Waals surface area contributed by atoms with E-state index in [1.165, 1.54) is 11.1 Å². The van der Waals surface area contributed by atoms with Gasteiger partial charge < -0.3 is 9.30 Å². The van der Waals surface area contributed by atoms with Gasteiger partial charge in [-0.1, -0.05) is 6.07 Å². The van der Waals surface area contributed by atoms with Crippen LogP contribution >= 0.6 is 0 Å². The van der Waals surface area contributed by atoms with Gasteiger partial charge in [-0.15, -0.1) is 0 Å². The number of aryl methyl sites for hydroxylation is 2. The van der Waals surface area contributed by atoms with Gasteiger partial charge in [-0.3, -0.25) is 5.32 Å². The monoisotopic (exact) mass is 219 g/mol. The second kappa shape index (κ2) is 4.63. The molecule has 0 spiro atoms. The number of nitrogens with one attached hydrogen (secondary N) is 1. The van der Waals surface area contributed by atoms with E-state index >= 15 is 0 Å². The summed E-state index contributed by atoms with van der Waals surface area (Å²) in [7, 11) is 3.71. The molecule has 2 aromatic rings. The minimum atomic E-state index is 0.569. The maximum absolute atomic E-state index is 4.94. The van der Waals surface area contributed by atoms with Crippen LogP contribution in [-0.4, -0.2) is 23.4 Å². The quantitative estimate of drug-likeness (QED) is 0.626. The Balaban J connectivity index is 2.23. The van der Waals surface area contributed by atoms with Crippen molar-refractivity contribution in [2.24, 2.45) is 7.05 Å². The summed E-state index contributed by atoms with van der Waals surface area (Å²) in [5, 5.41) is 3.18. The van der Waals surface area contributed by atoms with Crippen LogP contribution in [0.3, 0.4) is 0 Å². The Morgan fingerprint density at radius 3 is 3.00 bits per heavy atom. The average Bonchev–Trinajstić information content (AvgIpc) is 2.55. The van der Waals surface area contributed by atoms with Crippen LogP contribution in [0.5, 0.6) is 0 Å². The molecule has 0 aliphatic heterocycles. The molecule has 0 aliphatic rings. The van der Waals surface area contributed by atoms with E-state index in [0.717, 1.165) is 17.9 Å². The number of hydrogen-bond donors (Lipinski definition) is 1. The Hall–Kier alpha value is -1.39. The Labute approximate surface area is 95.2 Å². The van der Waals surface area contributed by atoms with Gasteiger partial charge in [0.2, 0.25) is 0 Å². The highest BCUT2D eigenvalue weighted by Crippen LogP contribution is 2.16.